The molecule has 1 aliphatic heterocycles. The monoisotopic (exact) mass is 458 g/mol. The van der Waals surface area contributed by atoms with Gasteiger partial charge in [0.15, 0.2) is 0 Å². The number of amides is 1. The lowest BCUT2D eigenvalue weighted by Crippen LogP contribution is -2.31. The summed E-state index contributed by atoms with van der Waals surface area (Å²) in [7, 11) is 0. The van der Waals surface area contributed by atoms with E-state index in [9.17, 15) is 14.4 Å². The fourth-order valence-corrected chi connectivity index (χ4v) is 4.04. The van der Waals surface area contributed by atoms with Gasteiger partial charge >= 0.3 is 5.69 Å². The zero-order valence-electron chi connectivity index (χ0n) is 20.5. The second-order valence-electron chi connectivity index (χ2n) is 9.04. The Morgan fingerprint density at radius 2 is 1.64 bits per heavy atom. The first-order chi connectivity index (χ1) is 16.0. The van der Waals surface area contributed by atoms with Gasteiger partial charge in [-0.15, -0.1) is 0 Å². The second kappa shape index (κ2) is 15.3. The molecule has 1 aromatic heterocycles. The molecule has 1 amide bonds. The highest BCUT2D eigenvalue weighted by atomic mass is 16.2. The molecular weight excluding hydrogens is 416 g/mol. The van der Waals surface area contributed by atoms with Gasteiger partial charge in [0.25, 0.3) is 5.56 Å². The normalized spacial score (nSPS) is 13.3. The van der Waals surface area contributed by atoms with Gasteiger partial charge in [0, 0.05) is 43.2 Å². The molecule has 0 spiro atoms. The van der Waals surface area contributed by atoms with Crippen LogP contribution in [-0.2, 0) is 11.3 Å². The topological polar surface area (TPSA) is 87.2 Å². The number of allylic oxidation sites excluding steroid dienone is 1. The van der Waals surface area contributed by atoms with Gasteiger partial charge < -0.3 is 14.8 Å². The van der Waals surface area contributed by atoms with E-state index in [0.717, 1.165) is 25.0 Å². The number of aryl methyl sites for hydroxylation is 2. The summed E-state index contributed by atoms with van der Waals surface area (Å²) in [6.45, 7) is 5.86. The second-order valence-corrected chi connectivity index (χ2v) is 9.04. The highest BCUT2D eigenvalue weighted by Gasteiger charge is 2.12. The molecule has 0 aliphatic carbocycles. The largest absolute Gasteiger partial charge is 0.354 e. The van der Waals surface area contributed by atoms with Crippen LogP contribution in [0.5, 0.6) is 0 Å². The summed E-state index contributed by atoms with van der Waals surface area (Å²) < 4.78 is 1.52. The van der Waals surface area contributed by atoms with E-state index in [1.165, 1.54) is 62.4 Å². The van der Waals surface area contributed by atoms with Gasteiger partial charge in [0.05, 0.1) is 0 Å². The number of hydrogen-bond acceptors (Lipinski definition) is 4. The molecule has 33 heavy (non-hydrogen) atoms. The van der Waals surface area contributed by atoms with Crippen molar-refractivity contribution in [1.82, 2.24) is 19.8 Å². The number of nitrogens with one attached hydrogen (secondary N) is 2. The summed E-state index contributed by atoms with van der Waals surface area (Å²) in [5, 5.41) is 3.05. The average molecular weight is 459 g/mol. The van der Waals surface area contributed by atoms with Crippen LogP contribution in [0.15, 0.2) is 39.8 Å². The summed E-state index contributed by atoms with van der Waals surface area (Å²) in [4.78, 5) is 40.2. The lowest BCUT2D eigenvalue weighted by atomic mass is 10.1. The van der Waals surface area contributed by atoms with E-state index < -0.39 is 0 Å². The molecule has 2 N–H and O–H groups in total. The minimum atomic E-state index is -0.387. The van der Waals surface area contributed by atoms with Crippen LogP contribution in [0.3, 0.4) is 0 Å². The molecule has 7 heteroatoms. The Bertz CT molecular complexity index is 898. The molecule has 184 valence electrons. The number of H-pyrrole nitrogens is 1. The van der Waals surface area contributed by atoms with E-state index in [2.05, 4.69) is 17.2 Å². The number of aromatic amines is 1. The van der Waals surface area contributed by atoms with Crippen LogP contribution in [0.1, 0.15) is 89.5 Å². The van der Waals surface area contributed by atoms with Crippen LogP contribution in [0.25, 0.3) is 0 Å². The molecule has 7 nitrogen and oxygen atoms in total. The Morgan fingerprint density at radius 3 is 2.33 bits per heavy atom. The van der Waals surface area contributed by atoms with E-state index >= 15 is 0 Å². The van der Waals surface area contributed by atoms with Crippen molar-refractivity contribution in [3.05, 3.63) is 56.6 Å². The first-order valence-electron chi connectivity index (χ1n) is 12.7. The molecule has 2 rings (SSSR count). The number of carbonyl (C=O) groups is 1. The van der Waals surface area contributed by atoms with Crippen LogP contribution in [0.2, 0.25) is 0 Å². The van der Waals surface area contributed by atoms with Crippen molar-refractivity contribution >= 4 is 5.91 Å². The SMILES string of the molecule is CCCCCCCCCCCCNC(=O)C1=CN(CCCn2cc(C)c(=O)[nH]c2=O)C=CC1. The van der Waals surface area contributed by atoms with Gasteiger partial charge in [-0.25, -0.2) is 4.79 Å². The molecule has 0 saturated carbocycles. The Balaban J connectivity index is 1.61. The summed E-state index contributed by atoms with van der Waals surface area (Å²) >= 11 is 0. The molecule has 0 saturated heterocycles. The van der Waals surface area contributed by atoms with Crippen LogP contribution >= 0.6 is 0 Å². The average Bonchev–Trinajstić information content (AvgIpc) is 2.81. The third-order valence-electron chi connectivity index (χ3n) is 6.07. The van der Waals surface area contributed by atoms with Gasteiger partial charge in [-0.1, -0.05) is 70.8 Å². The predicted octanol–water partition coefficient (Wildman–Crippen LogP) is 4.38. The number of rotatable bonds is 16. The van der Waals surface area contributed by atoms with E-state index in [1.807, 2.05) is 23.4 Å². The van der Waals surface area contributed by atoms with Crippen molar-refractivity contribution in [2.24, 2.45) is 0 Å². The summed E-state index contributed by atoms with van der Waals surface area (Å²) in [5.74, 6) is 0.00718. The molecule has 1 aliphatic rings. The summed E-state index contributed by atoms with van der Waals surface area (Å²) in [6, 6.07) is 0. The number of unbranched alkanes of at least 4 members (excludes halogenated alkanes) is 9. The van der Waals surface area contributed by atoms with Crippen molar-refractivity contribution in [2.45, 2.75) is 97.4 Å². The first-order valence-corrected chi connectivity index (χ1v) is 12.7. The van der Waals surface area contributed by atoms with Crippen molar-refractivity contribution < 1.29 is 4.79 Å². The fourth-order valence-electron chi connectivity index (χ4n) is 4.04. The van der Waals surface area contributed by atoms with E-state index in [-0.39, 0.29) is 17.2 Å². The van der Waals surface area contributed by atoms with Crippen LogP contribution in [0, 0.1) is 6.92 Å². The fraction of sp³-hybridized carbons (Fsp3) is 0.654. The standard InChI is InChI=1S/C26H42N4O3/c1-3-4-5-6-7-8-9-10-11-12-16-27-25(32)23-15-13-17-29(21-23)18-14-19-30-20-22(2)24(31)28-26(30)33/h13,17,20-21H,3-12,14-16,18-19H2,1-2H3,(H,27,32)(H,28,31,33). The molecule has 0 radical (unpaired) electrons. The van der Waals surface area contributed by atoms with E-state index in [4.69, 9.17) is 0 Å². The van der Waals surface area contributed by atoms with Crippen LogP contribution < -0.4 is 16.6 Å². The van der Waals surface area contributed by atoms with Crippen molar-refractivity contribution in [3.8, 4) is 0 Å². The Hall–Kier alpha value is -2.57. The minimum Gasteiger partial charge on any atom is -0.354 e. The van der Waals surface area contributed by atoms with Gasteiger partial charge in [0.2, 0.25) is 5.91 Å². The van der Waals surface area contributed by atoms with Crippen molar-refractivity contribution in [3.63, 3.8) is 0 Å². The summed E-state index contributed by atoms with van der Waals surface area (Å²) in [5.41, 5.74) is 0.560. The summed E-state index contributed by atoms with van der Waals surface area (Å²) in [6.07, 6.45) is 21.7. The maximum atomic E-state index is 12.5. The van der Waals surface area contributed by atoms with Crippen molar-refractivity contribution in [1.29, 1.82) is 0 Å². The third-order valence-corrected chi connectivity index (χ3v) is 6.07. The lowest BCUT2D eigenvalue weighted by Gasteiger charge is -2.21. The van der Waals surface area contributed by atoms with Gasteiger partial charge in [-0.2, -0.15) is 0 Å². The lowest BCUT2D eigenvalue weighted by molar-refractivity contribution is -0.117. The predicted molar refractivity (Wildman–Crippen MR) is 134 cm³/mol. The van der Waals surface area contributed by atoms with Gasteiger partial charge in [0.1, 0.15) is 0 Å². The molecular formula is C26H42N4O3. The van der Waals surface area contributed by atoms with E-state index in [0.29, 0.717) is 25.1 Å². The van der Waals surface area contributed by atoms with Gasteiger partial charge in [-0.3, -0.25) is 14.6 Å². The van der Waals surface area contributed by atoms with Crippen molar-refractivity contribution in [2.75, 3.05) is 13.1 Å². The Labute approximate surface area is 198 Å². The highest BCUT2D eigenvalue weighted by molar-refractivity contribution is 5.93. The molecule has 0 unspecified atom stereocenters. The highest BCUT2D eigenvalue weighted by Crippen LogP contribution is 2.13. The molecule has 0 aromatic carbocycles. The minimum absolute atomic E-state index is 0.00718. The third kappa shape index (κ3) is 10.3. The Morgan fingerprint density at radius 1 is 0.970 bits per heavy atom. The number of aromatic nitrogens is 2. The van der Waals surface area contributed by atoms with Crippen LogP contribution in [-0.4, -0.2) is 33.4 Å². The maximum Gasteiger partial charge on any atom is 0.328 e. The smallest absolute Gasteiger partial charge is 0.328 e. The zero-order chi connectivity index (χ0) is 23.9. The van der Waals surface area contributed by atoms with Gasteiger partial charge in [-0.05, 0) is 32.4 Å². The quantitative estimate of drug-likeness (QED) is 0.360. The molecule has 1 aromatic rings. The molecule has 0 atom stereocenters. The van der Waals surface area contributed by atoms with E-state index in [1.54, 1.807) is 13.1 Å². The first kappa shape index (κ1) is 26.7. The number of nitrogens with zero attached hydrogens (tertiary/aromatic N) is 2. The number of hydrogen-bond donors (Lipinski definition) is 2. The Kier molecular flexibility index (Phi) is 12.4. The maximum absolute atomic E-state index is 12.5. The molecule has 2 heterocycles. The molecule has 0 fully saturated rings. The zero-order valence-corrected chi connectivity index (χ0v) is 20.5. The van der Waals surface area contributed by atoms with Crippen LogP contribution in [0.4, 0.5) is 0 Å². The molecule has 0 bridgehead atoms. The number of carbonyl (C=O) groups excluding carboxylic acids is 1.